The molecule has 0 rings (SSSR count). The van der Waals surface area contributed by atoms with Crippen molar-refractivity contribution in [1.29, 1.82) is 0 Å². The van der Waals surface area contributed by atoms with Crippen LogP contribution in [-0.4, -0.2) is 27.4 Å². The van der Waals surface area contributed by atoms with Gasteiger partial charge in [-0.2, -0.15) is 0 Å². The van der Waals surface area contributed by atoms with E-state index in [2.05, 4.69) is 23.3 Å². The maximum absolute atomic E-state index is 4.43. The number of hydrogen-bond acceptors (Lipinski definition) is 2. The van der Waals surface area contributed by atoms with Crippen LogP contribution in [-0.2, 0) is 29.0 Å². The van der Waals surface area contributed by atoms with Crippen LogP contribution < -0.4 is 0 Å². The van der Waals surface area contributed by atoms with Crippen LogP contribution in [0.4, 0.5) is 0 Å². The maximum atomic E-state index is 4.43. The van der Waals surface area contributed by atoms with Crippen LogP contribution in [0, 0.1) is 13.8 Å². The summed E-state index contributed by atoms with van der Waals surface area (Å²) < 4.78 is 8.86. The molecule has 0 N–H and O–H groups in total. The fraction of sp³-hybridized carbons (Fsp3) is 0.667. The van der Waals surface area contributed by atoms with Gasteiger partial charge in [0.15, 0.2) is 0 Å². The van der Waals surface area contributed by atoms with Gasteiger partial charge in [0.05, 0.1) is 0 Å². The van der Waals surface area contributed by atoms with Gasteiger partial charge in [0, 0.05) is 14.2 Å². The van der Waals surface area contributed by atoms with Crippen molar-refractivity contribution in [2.24, 2.45) is 0 Å². The van der Waals surface area contributed by atoms with E-state index in [4.69, 9.17) is 0 Å². The molecule has 0 aliphatic carbocycles. The minimum atomic E-state index is 0. The molecule has 0 saturated carbocycles. The summed E-state index contributed by atoms with van der Waals surface area (Å²) in [5.74, 6) is 0. The molecule has 0 amide bonds. The SMILES string of the molecule is [CH2-]COC.[CH2-]COC.[Zn+2]. The van der Waals surface area contributed by atoms with E-state index in [0.29, 0.717) is 13.2 Å². The van der Waals surface area contributed by atoms with E-state index >= 15 is 0 Å². The Morgan fingerprint density at radius 3 is 1.11 bits per heavy atom. The zero-order valence-corrected chi connectivity index (χ0v) is 9.32. The third-order valence-corrected chi connectivity index (χ3v) is 0.408. The number of hydrogen-bond donors (Lipinski definition) is 0. The summed E-state index contributed by atoms with van der Waals surface area (Å²) in [4.78, 5) is 0. The molecule has 0 saturated heterocycles. The van der Waals surface area contributed by atoms with E-state index in [-0.39, 0.29) is 19.5 Å². The Morgan fingerprint density at radius 1 is 1.00 bits per heavy atom. The molecule has 0 unspecified atom stereocenters. The van der Waals surface area contributed by atoms with E-state index in [1.54, 1.807) is 14.2 Å². The quantitative estimate of drug-likeness (QED) is 0.469. The first-order chi connectivity index (χ1) is 3.83. The molecule has 9 heavy (non-hydrogen) atoms. The first-order valence-corrected chi connectivity index (χ1v) is 2.39. The minimum Gasteiger partial charge on any atom is -0.417 e. The van der Waals surface area contributed by atoms with Crippen LogP contribution in [0.5, 0.6) is 0 Å². The van der Waals surface area contributed by atoms with Crippen molar-refractivity contribution < 1.29 is 29.0 Å². The molecule has 0 radical (unpaired) electrons. The minimum absolute atomic E-state index is 0. The molecule has 0 fully saturated rings. The van der Waals surface area contributed by atoms with Gasteiger partial charge in [-0.15, -0.1) is 0 Å². The van der Waals surface area contributed by atoms with Crippen LogP contribution >= 0.6 is 0 Å². The normalized spacial score (nSPS) is 6.67. The molecule has 2 nitrogen and oxygen atoms in total. The van der Waals surface area contributed by atoms with Gasteiger partial charge in [0.25, 0.3) is 0 Å². The Morgan fingerprint density at radius 2 is 1.11 bits per heavy atom. The molecule has 0 spiro atoms. The van der Waals surface area contributed by atoms with E-state index in [1.807, 2.05) is 0 Å². The van der Waals surface area contributed by atoms with Crippen molar-refractivity contribution in [3.8, 4) is 0 Å². The zero-order chi connectivity index (χ0) is 6.83. The smallest absolute Gasteiger partial charge is 0.417 e. The van der Waals surface area contributed by atoms with Crippen molar-refractivity contribution in [2.75, 3.05) is 27.4 Å². The van der Waals surface area contributed by atoms with Crippen molar-refractivity contribution in [2.45, 2.75) is 0 Å². The third-order valence-electron chi connectivity index (χ3n) is 0.408. The molecule has 0 atom stereocenters. The molecule has 0 bridgehead atoms. The topological polar surface area (TPSA) is 18.5 Å². The summed E-state index contributed by atoms with van der Waals surface area (Å²) >= 11 is 0. The predicted molar refractivity (Wildman–Crippen MR) is 34.5 cm³/mol. The molecule has 0 aliphatic heterocycles. The van der Waals surface area contributed by atoms with Gasteiger partial charge < -0.3 is 23.3 Å². The molecular weight excluding hydrogens is 169 g/mol. The summed E-state index contributed by atoms with van der Waals surface area (Å²) in [5, 5.41) is 0. The molecular formula is C6H14O2Zn. The van der Waals surface area contributed by atoms with Crippen molar-refractivity contribution in [1.82, 2.24) is 0 Å². The fourth-order valence-corrected chi connectivity index (χ4v) is 0. The van der Waals surface area contributed by atoms with E-state index in [0.717, 1.165) is 0 Å². The second-order valence-electron chi connectivity index (χ2n) is 0.986. The monoisotopic (exact) mass is 182 g/mol. The number of ether oxygens (including phenoxy) is 2. The van der Waals surface area contributed by atoms with Gasteiger partial charge in [-0.3, -0.25) is 0 Å². The summed E-state index contributed by atoms with van der Waals surface area (Å²) in [7, 11) is 3.24. The van der Waals surface area contributed by atoms with Gasteiger partial charge in [0.2, 0.25) is 0 Å². The molecule has 0 aromatic rings. The third kappa shape index (κ3) is 56.5. The Balaban J connectivity index is -0.0000000720. The largest absolute Gasteiger partial charge is 2.00 e. The average Bonchev–Trinajstić information content (AvgIpc) is 1.88. The van der Waals surface area contributed by atoms with E-state index in [9.17, 15) is 0 Å². The van der Waals surface area contributed by atoms with Gasteiger partial charge in [-0.25, -0.2) is 0 Å². The average molecular weight is 184 g/mol. The van der Waals surface area contributed by atoms with Crippen LogP contribution in [0.3, 0.4) is 0 Å². The molecule has 52 valence electrons. The van der Waals surface area contributed by atoms with Crippen LogP contribution in [0.25, 0.3) is 0 Å². The van der Waals surface area contributed by atoms with Crippen molar-refractivity contribution in [3.63, 3.8) is 0 Å². The second kappa shape index (κ2) is 23.6. The van der Waals surface area contributed by atoms with Crippen molar-refractivity contribution >= 4 is 0 Å². The van der Waals surface area contributed by atoms with Gasteiger partial charge in [-0.1, -0.05) is 13.2 Å². The predicted octanol–water partition coefficient (Wildman–Crippen LogP) is 0.931. The number of rotatable bonds is 2. The molecule has 0 heterocycles. The first-order valence-electron chi connectivity index (χ1n) is 2.39. The first kappa shape index (κ1) is 16.3. The van der Waals surface area contributed by atoms with Gasteiger partial charge in [0.1, 0.15) is 0 Å². The van der Waals surface area contributed by atoms with Crippen LogP contribution in [0.2, 0.25) is 0 Å². The Kier molecular flexibility index (Phi) is 42.6. The number of methoxy groups -OCH3 is 2. The molecule has 0 aromatic carbocycles. The Bertz CT molecular complexity index is 19.0. The molecule has 3 heteroatoms. The molecule has 0 aliphatic rings. The summed E-state index contributed by atoms with van der Waals surface area (Å²) in [6.45, 7) is 7.90. The summed E-state index contributed by atoms with van der Waals surface area (Å²) in [5.41, 5.74) is 0. The van der Waals surface area contributed by atoms with E-state index in [1.165, 1.54) is 0 Å². The van der Waals surface area contributed by atoms with Crippen LogP contribution in [0.15, 0.2) is 0 Å². The van der Waals surface area contributed by atoms with Gasteiger partial charge >= 0.3 is 19.5 Å². The summed E-state index contributed by atoms with van der Waals surface area (Å²) in [6.07, 6.45) is 0. The fourth-order valence-electron chi connectivity index (χ4n) is 0. The maximum Gasteiger partial charge on any atom is 2.00 e. The second-order valence-corrected chi connectivity index (χ2v) is 0.986. The zero-order valence-electron chi connectivity index (χ0n) is 6.35. The van der Waals surface area contributed by atoms with Gasteiger partial charge in [-0.05, 0) is 0 Å². The van der Waals surface area contributed by atoms with E-state index < -0.39 is 0 Å². The van der Waals surface area contributed by atoms with Crippen LogP contribution in [0.1, 0.15) is 0 Å². The Labute approximate surface area is 70.7 Å². The Hall–Kier alpha value is 0.543. The van der Waals surface area contributed by atoms with Crippen molar-refractivity contribution in [3.05, 3.63) is 13.8 Å². The molecule has 0 aromatic heterocycles. The standard InChI is InChI=1S/2C3H7O.Zn/c2*1-3-4-2;/h2*1,3H2,2H3;/q2*-1;+2. The summed E-state index contributed by atoms with van der Waals surface area (Å²) in [6, 6.07) is 0.